The second-order valence-electron chi connectivity index (χ2n) is 4.52. The third kappa shape index (κ3) is 3.86. The van der Waals surface area contributed by atoms with E-state index in [1.54, 1.807) is 16.7 Å². The molecular formula is C13H17N3OS2. The minimum absolute atomic E-state index is 0.0894. The first-order valence-electron chi connectivity index (χ1n) is 6.10. The van der Waals surface area contributed by atoms with Crippen LogP contribution in [0.25, 0.3) is 0 Å². The first-order valence-corrected chi connectivity index (χ1v) is 7.86. The third-order valence-electron chi connectivity index (χ3n) is 2.61. The van der Waals surface area contributed by atoms with Crippen LogP contribution < -0.4 is 11.1 Å². The van der Waals surface area contributed by atoms with Crippen LogP contribution in [0, 0.1) is 0 Å². The normalized spacial score (nSPS) is 14.1. The van der Waals surface area contributed by atoms with Gasteiger partial charge in [0.2, 0.25) is 0 Å². The minimum Gasteiger partial charge on any atom is -0.348 e. The van der Waals surface area contributed by atoms with Gasteiger partial charge in [-0.3, -0.25) is 4.79 Å². The van der Waals surface area contributed by atoms with E-state index in [2.05, 4.69) is 16.4 Å². The second kappa shape index (κ2) is 6.27. The van der Waals surface area contributed by atoms with Crippen molar-refractivity contribution in [1.29, 1.82) is 0 Å². The number of thiazole rings is 1. The van der Waals surface area contributed by atoms with Gasteiger partial charge in [0.1, 0.15) is 10.7 Å². The summed E-state index contributed by atoms with van der Waals surface area (Å²) >= 11 is 3.12. The molecule has 1 amide bonds. The summed E-state index contributed by atoms with van der Waals surface area (Å²) < 4.78 is 0. The molecule has 0 fully saturated rings. The molecule has 0 radical (unpaired) electrons. The Morgan fingerprint density at radius 1 is 1.47 bits per heavy atom. The molecular weight excluding hydrogens is 278 g/mol. The second-order valence-corrected chi connectivity index (χ2v) is 6.44. The van der Waals surface area contributed by atoms with Crippen molar-refractivity contribution in [3.63, 3.8) is 0 Å². The van der Waals surface area contributed by atoms with E-state index in [-0.39, 0.29) is 18.0 Å². The molecule has 2 atom stereocenters. The number of hydrogen-bond acceptors (Lipinski definition) is 5. The van der Waals surface area contributed by atoms with Crippen molar-refractivity contribution in [1.82, 2.24) is 10.3 Å². The van der Waals surface area contributed by atoms with E-state index in [1.165, 1.54) is 16.2 Å². The number of nitrogens with two attached hydrogens (primary N) is 1. The molecule has 6 heteroatoms. The molecule has 2 aromatic heterocycles. The lowest BCUT2D eigenvalue weighted by molar-refractivity contribution is 0.0935. The highest BCUT2D eigenvalue weighted by molar-refractivity contribution is 7.10. The molecule has 2 rings (SSSR count). The zero-order valence-corrected chi connectivity index (χ0v) is 12.6. The number of aromatic nitrogens is 1. The predicted molar refractivity (Wildman–Crippen MR) is 79.7 cm³/mol. The van der Waals surface area contributed by atoms with Crippen LogP contribution in [0.2, 0.25) is 0 Å². The summed E-state index contributed by atoms with van der Waals surface area (Å²) in [6.07, 6.45) is 0.841. The van der Waals surface area contributed by atoms with Crippen LogP contribution in [0.3, 0.4) is 0 Å². The lowest BCUT2D eigenvalue weighted by Crippen LogP contribution is -2.34. The van der Waals surface area contributed by atoms with E-state index in [9.17, 15) is 4.79 Å². The first kappa shape index (κ1) is 14.2. The fraction of sp³-hybridized carbons (Fsp3) is 0.385. The van der Waals surface area contributed by atoms with Crippen LogP contribution in [0.1, 0.15) is 40.3 Å². The number of hydrogen-bond donors (Lipinski definition) is 2. The molecule has 102 valence electrons. The predicted octanol–water partition coefficient (Wildman–Crippen LogP) is 2.59. The maximum atomic E-state index is 12.0. The fourth-order valence-corrected chi connectivity index (χ4v) is 3.27. The van der Waals surface area contributed by atoms with E-state index in [4.69, 9.17) is 5.73 Å². The Morgan fingerprint density at radius 3 is 2.84 bits per heavy atom. The molecule has 3 N–H and O–H groups in total. The number of thiophene rings is 1. The Hall–Kier alpha value is -1.24. The smallest absolute Gasteiger partial charge is 0.270 e. The molecule has 0 aromatic carbocycles. The van der Waals surface area contributed by atoms with Gasteiger partial charge in [0.15, 0.2) is 0 Å². The van der Waals surface area contributed by atoms with Crippen LogP contribution in [0.4, 0.5) is 0 Å². The fourth-order valence-electron chi connectivity index (χ4n) is 1.68. The molecule has 4 nitrogen and oxygen atoms in total. The number of rotatable bonds is 5. The van der Waals surface area contributed by atoms with E-state index < -0.39 is 0 Å². The third-order valence-corrected chi connectivity index (χ3v) is 4.55. The van der Waals surface area contributed by atoms with Gasteiger partial charge < -0.3 is 11.1 Å². The summed E-state index contributed by atoms with van der Waals surface area (Å²) in [4.78, 5) is 17.5. The Morgan fingerprint density at radius 2 is 2.26 bits per heavy atom. The van der Waals surface area contributed by atoms with Gasteiger partial charge in [-0.05, 0) is 25.3 Å². The van der Waals surface area contributed by atoms with Crippen molar-refractivity contribution in [2.45, 2.75) is 32.4 Å². The summed E-state index contributed by atoms with van der Waals surface area (Å²) in [6, 6.07) is 4.05. The molecule has 19 heavy (non-hydrogen) atoms. The number of nitrogens with zero attached hydrogens (tertiary/aromatic N) is 1. The van der Waals surface area contributed by atoms with Crippen LogP contribution in [0.15, 0.2) is 22.9 Å². The Balaban J connectivity index is 1.92. The van der Waals surface area contributed by atoms with Gasteiger partial charge in [-0.1, -0.05) is 6.07 Å². The Kier molecular flexibility index (Phi) is 4.68. The molecule has 0 saturated heterocycles. The highest BCUT2D eigenvalue weighted by atomic mass is 32.1. The van der Waals surface area contributed by atoms with Gasteiger partial charge in [-0.25, -0.2) is 4.98 Å². The lowest BCUT2D eigenvalue weighted by Gasteiger charge is -2.11. The van der Waals surface area contributed by atoms with E-state index in [0.29, 0.717) is 5.69 Å². The Labute approximate surface area is 120 Å². The average Bonchev–Trinajstić information content (AvgIpc) is 2.98. The van der Waals surface area contributed by atoms with Gasteiger partial charge in [-0.2, -0.15) is 0 Å². The molecule has 0 aliphatic heterocycles. The maximum Gasteiger partial charge on any atom is 0.270 e. The summed E-state index contributed by atoms with van der Waals surface area (Å²) in [7, 11) is 0. The number of nitrogens with one attached hydrogen (secondary N) is 1. The molecule has 0 aliphatic rings. The molecule has 2 heterocycles. The average molecular weight is 295 g/mol. The van der Waals surface area contributed by atoms with Crippen molar-refractivity contribution < 1.29 is 4.79 Å². The van der Waals surface area contributed by atoms with Crippen molar-refractivity contribution >= 4 is 28.6 Å². The number of carbonyl (C=O) groups is 1. The van der Waals surface area contributed by atoms with Crippen LogP contribution in [-0.2, 0) is 6.42 Å². The number of amides is 1. The van der Waals surface area contributed by atoms with Gasteiger partial charge in [-0.15, -0.1) is 22.7 Å². The van der Waals surface area contributed by atoms with Crippen LogP contribution in [0.5, 0.6) is 0 Å². The number of carbonyl (C=O) groups excluding carboxylic acids is 1. The summed E-state index contributed by atoms with van der Waals surface area (Å²) in [5.41, 5.74) is 6.19. The van der Waals surface area contributed by atoms with Gasteiger partial charge in [0.25, 0.3) is 5.91 Å². The molecule has 0 spiro atoms. The van der Waals surface area contributed by atoms with Gasteiger partial charge >= 0.3 is 0 Å². The highest BCUT2D eigenvalue weighted by Gasteiger charge is 2.15. The lowest BCUT2D eigenvalue weighted by atomic mass is 10.2. The standard InChI is InChI=1S/C13H17N3OS2/c1-8(6-10-4-3-5-18-10)15-12(17)11-7-19-13(16-11)9(2)14/h3-5,7-9H,6,14H2,1-2H3,(H,15,17). The molecule has 0 bridgehead atoms. The zero-order valence-electron chi connectivity index (χ0n) is 10.9. The quantitative estimate of drug-likeness (QED) is 0.891. The SMILES string of the molecule is CC(Cc1cccs1)NC(=O)c1csc(C(C)N)n1. The van der Waals surface area contributed by atoms with E-state index in [0.717, 1.165) is 11.4 Å². The maximum absolute atomic E-state index is 12.0. The van der Waals surface area contributed by atoms with E-state index >= 15 is 0 Å². The monoisotopic (exact) mass is 295 g/mol. The minimum atomic E-state index is -0.132. The van der Waals surface area contributed by atoms with Crippen molar-refractivity contribution in [3.05, 3.63) is 38.5 Å². The first-order chi connectivity index (χ1) is 9.06. The van der Waals surface area contributed by atoms with Crippen molar-refractivity contribution in [2.24, 2.45) is 5.73 Å². The molecule has 0 saturated carbocycles. The summed E-state index contributed by atoms with van der Waals surface area (Å²) in [5, 5.41) is 7.54. The van der Waals surface area contributed by atoms with Gasteiger partial charge in [0, 0.05) is 22.7 Å². The summed E-state index contributed by atoms with van der Waals surface area (Å²) in [5.74, 6) is -0.132. The van der Waals surface area contributed by atoms with Crippen molar-refractivity contribution in [2.75, 3.05) is 0 Å². The summed E-state index contributed by atoms with van der Waals surface area (Å²) in [6.45, 7) is 3.86. The van der Waals surface area contributed by atoms with E-state index in [1.807, 2.05) is 25.3 Å². The van der Waals surface area contributed by atoms with Crippen LogP contribution >= 0.6 is 22.7 Å². The topological polar surface area (TPSA) is 68.0 Å². The molecule has 2 aromatic rings. The largest absolute Gasteiger partial charge is 0.348 e. The van der Waals surface area contributed by atoms with Crippen LogP contribution in [-0.4, -0.2) is 16.9 Å². The van der Waals surface area contributed by atoms with Gasteiger partial charge in [0.05, 0.1) is 6.04 Å². The highest BCUT2D eigenvalue weighted by Crippen LogP contribution is 2.16. The Bertz CT molecular complexity index is 534. The molecule has 0 aliphatic carbocycles. The molecule has 2 unspecified atom stereocenters. The van der Waals surface area contributed by atoms with Crippen molar-refractivity contribution in [3.8, 4) is 0 Å². The zero-order chi connectivity index (χ0) is 13.8.